The van der Waals surface area contributed by atoms with Crippen molar-refractivity contribution in [2.24, 2.45) is 5.92 Å². The molecule has 0 radical (unpaired) electrons. The molecule has 0 saturated heterocycles. The van der Waals surface area contributed by atoms with Gasteiger partial charge in [0, 0.05) is 10.6 Å². The Kier molecular flexibility index (Phi) is 8.41. The van der Waals surface area contributed by atoms with Gasteiger partial charge in [-0.1, -0.05) is 37.0 Å². The highest BCUT2D eigenvalue weighted by Crippen LogP contribution is 2.27. The van der Waals surface area contributed by atoms with Crippen LogP contribution < -0.4 is 20.3 Å². The second-order valence-corrected chi connectivity index (χ2v) is 7.91. The largest absolute Gasteiger partial charge is 0.492 e. The molecule has 9 heteroatoms. The van der Waals surface area contributed by atoms with Crippen molar-refractivity contribution in [3.05, 3.63) is 56.5 Å². The zero-order chi connectivity index (χ0) is 20.7. The smallest absolute Gasteiger partial charge is 0.276 e. The number of hydrogen-bond donors (Lipinski definition) is 2. The van der Waals surface area contributed by atoms with Gasteiger partial charge in [-0.25, -0.2) is 0 Å². The van der Waals surface area contributed by atoms with E-state index in [9.17, 15) is 9.59 Å². The summed E-state index contributed by atoms with van der Waals surface area (Å²) in [4.78, 5) is 24.0. The predicted molar refractivity (Wildman–Crippen MR) is 112 cm³/mol. The molecule has 2 N–H and O–H groups in total. The minimum atomic E-state index is -0.546. The van der Waals surface area contributed by atoms with Crippen LogP contribution >= 0.6 is 39.1 Å². The average Bonchev–Trinajstić information content (AvgIpc) is 2.64. The molecular formula is C19H19BrCl2N2O4. The molecule has 28 heavy (non-hydrogen) atoms. The van der Waals surface area contributed by atoms with E-state index in [0.717, 1.165) is 0 Å². The molecule has 0 aliphatic carbocycles. The first-order valence-electron chi connectivity index (χ1n) is 8.35. The lowest BCUT2D eigenvalue weighted by Crippen LogP contribution is -2.43. The summed E-state index contributed by atoms with van der Waals surface area (Å²) >= 11 is 15.1. The molecular weight excluding hydrogens is 471 g/mol. The number of carbonyl (C=O) groups is 2. The molecule has 2 amide bonds. The summed E-state index contributed by atoms with van der Waals surface area (Å²) in [5.41, 5.74) is 4.95. The van der Waals surface area contributed by atoms with Gasteiger partial charge >= 0.3 is 0 Å². The number of halogens is 3. The quantitative estimate of drug-likeness (QED) is 0.556. The molecule has 0 aromatic heterocycles. The molecule has 0 fully saturated rings. The van der Waals surface area contributed by atoms with Gasteiger partial charge in [0.15, 0.2) is 6.61 Å². The number of ether oxygens (including phenoxy) is 2. The van der Waals surface area contributed by atoms with Gasteiger partial charge in [-0.05, 0) is 58.2 Å². The highest BCUT2D eigenvalue weighted by molar-refractivity contribution is 9.10. The molecule has 0 unspecified atom stereocenters. The van der Waals surface area contributed by atoms with Crippen LogP contribution in [0.15, 0.2) is 40.9 Å². The summed E-state index contributed by atoms with van der Waals surface area (Å²) < 4.78 is 11.6. The van der Waals surface area contributed by atoms with E-state index in [4.69, 9.17) is 32.7 Å². The van der Waals surface area contributed by atoms with E-state index in [1.807, 2.05) is 13.8 Å². The first-order valence-corrected chi connectivity index (χ1v) is 9.90. The van der Waals surface area contributed by atoms with Crippen molar-refractivity contribution in [2.75, 3.05) is 13.2 Å². The van der Waals surface area contributed by atoms with Crippen molar-refractivity contribution in [1.82, 2.24) is 10.9 Å². The molecule has 0 saturated carbocycles. The molecule has 6 nitrogen and oxygen atoms in total. The van der Waals surface area contributed by atoms with Gasteiger partial charge < -0.3 is 9.47 Å². The lowest BCUT2D eigenvalue weighted by atomic mass is 10.2. The van der Waals surface area contributed by atoms with Crippen molar-refractivity contribution in [3.63, 3.8) is 0 Å². The van der Waals surface area contributed by atoms with E-state index in [0.29, 0.717) is 39.1 Å². The van der Waals surface area contributed by atoms with Crippen molar-refractivity contribution < 1.29 is 19.1 Å². The summed E-state index contributed by atoms with van der Waals surface area (Å²) in [7, 11) is 0. The summed E-state index contributed by atoms with van der Waals surface area (Å²) in [6.45, 7) is 4.33. The molecule has 2 aromatic rings. The number of amides is 2. The maximum Gasteiger partial charge on any atom is 0.276 e. The zero-order valence-electron chi connectivity index (χ0n) is 15.2. The van der Waals surface area contributed by atoms with Crippen LogP contribution in [0.5, 0.6) is 11.5 Å². The Labute approximate surface area is 181 Å². The van der Waals surface area contributed by atoms with Crippen LogP contribution in [0.2, 0.25) is 10.0 Å². The summed E-state index contributed by atoms with van der Waals surface area (Å²) in [5, 5.41) is 0.745. The van der Waals surface area contributed by atoms with E-state index >= 15 is 0 Å². The predicted octanol–water partition coefficient (Wildman–Crippen LogP) is 4.63. The summed E-state index contributed by atoms with van der Waals surface area (Å²) in [6.07, 6.45) is 0. The maximum absolute atomic E-state index is 12.2. The molecule has 150 valence electrons. The standard InChI is InChI=1S/C19H19BrCl2N2O4/c1-11(2)9-27-16-5-3-12(7-14(16)20)19(26)24-23-18(25)10-28-17-6-4-13(21)8-15(17)22/h3-8,11H,9-10H2,1-2H3,(H,23,25)(H,24,26). The van der Waals surface area contributed by atoms with Crippen molar-refractivity contribution in [1.29, 1.82) is 0 Å². The van der Waals surface area contributed by atoms with Crippen LogP contribution in [-0.2, 0) is 4.79 Å². The minimum Gasteiger partial charge on any atom is -0.492 e. The first kappa shape index (κ1) is 22.3. The maximum atomic E-state index is 12.2. The molecule has 0 spiro atoms. The van der Waals surface area contributed by atoms with Crippen molar-refractivity contribution in [3.8, 4) is 11.5 Å². The number of benzene rings is 2. The van der Waals surface area contributed by atoms with E-state index in [1.165, 1.54) is 6.07 Å². The number of nitrogens with one attached hydrogen (secondary N) is 2. The van der Waals surface area contributed by atoms with Crippen molar-refractivity contribution in [2.45, 2.75) is 13.8 Å². The Balaban J connectivity index is 1.84. The normalized spacial score (nSPS) is 10.5. The molecule has 2 aromatic carbocycles. The van der Waals surface area contributed by atoms with Crippen LogP contribution in [-0.4, -0.2) is 25.0 Å². The van der Waals surface area contributed by atoms with Crippen LogP contribution in [0.1, 0.15) is 24.2 Å². The topological polar surface area (TPSA) is 76.7 Å². The second kappa shape index (κ2) is 10.5. The minimum absolute atomic E-state index is 0.286. The Morgan fingerprint density at radius 3 is 2.39 bits per heavy atom. The van der Waals surface area contributed by atoms with Gasteiger partial charge in [0.2, 0.25) is 0 Å². The zero-order valence-corrected chi connectivity index (χ0v) is 18.3. The van der Waals surface area contributed by atoms with E-state index in [2.05, 4.69) is 26.8 Å². The third-order valence-corrected chi connectivity index (χ3v) is 4.48. The van der Waals surface area contributed by atoms with Gasteiger partial charge in [0.1, 0.15) is 11.5 Å². The van der Waals surface area contributed by atoms with Gasteiger partial charge in [0.25, 0.3) is 11.8 Å². The Morgan fingerprint density at radius 2 is 1.75 bits per heavy atom. The van der Waals surface area contributed by atoms with Gasteiger partial charge in [-0.3, -0.25) is 20.4 Å². The lowest BCUT2D eigenvalue weighted by Gasteiger charge is -2.12. The monoisotopic (exact) mass is 488 g/mol. The molecule has 0 aliphatic rings. The van der Waals surface area contributed by atoms with Gasteiger partial charge in [-0.15, -0.1) is 0 Å². The number of carbonyl (C=O) groups excluding carboxylic acids is 2. The molecule has 0 atom stereocenters. The Bertz CT molecular complexity index is 862. The van der Waals surface area contributed by atoms with Crippen LogP contribution in [0.25, 0.3) is 0 Å². The first-order chi connectivity index (χ1) is 13.3. The lowest BCUT2D eigenvalue weighted by molar-refractivity contribution is -0.123. The Hall–Kier alpha value is -1.96. The fraction of sp³-hybridized carbons (Fsp3) is 0.263. The Morgan fingerprint density at radius 1 is 1.04 bits per heavy atom. The third-order valence-electron chi connectivity index (χ3n) is 3.33. The fourth-order valence-electron chi connectivity index (χ4n) is 1.99. The summed E-state index contributed by atoms with van der Waals surface area (Å²) in [6, 6.07) is 9.55. The third kappa shape index (κ3) is 6.89. The number of hydrazine groups is 1. The van der Waals surface area contributed by atoms with Crippen molar-refractivity contribution >= 4 is 50.9 Å². The average molecular weight is 490 g/mol. The van der Waals surface area contributed by atoms with Crippen LogP contribution in [0.4, 0.5) is 0 Å². The summed E-state index contributed by atoms with van der Waals surface area (Å²) in [5.74, 6) is 0.315. The molecule has 0 aliphatic heterocycles. The SMILES string of the molecule is CC(C)COc1ccc(C(=O)NNC(=O)COc2ccc(Cl)cc2Cl)cc1Br. The highest BCUT2D eigenvalue weighted by atomic mass is 79.9. The van der Waals surface area contributed by atoms with E-state index in [1.54, 1.807) is 30.3 Å². The fourth-order valence-corrected chi connectivity index (χ4v) is 2.94. The van der Waals surface area contributed by atoms with E-state index < -0.39 is 11.8 Å². The number of hydrogen-bond acceptors (Lipinski definition) is 4. The molecule has 0 bridgehead atoms. The highest BCUT2D eigenvalue weighted by Gasteiger charge is 2.12. The molecule has 0 heterocycles. The van der Waals surface area contributed by atoms with E-state index in [-0.39, 0.29) is 11.6 Å². The second-order valence-electron chi connectivity index (χ2n) is 6.22. The van der Waals surface area contributed by atoms with Crippen LogP contribution in [0.3, 0.4) is 0 Å². The molecule has 2 rings (SSSR count). The van der Waals surface area contributed by atoms with Gasteiger partial charge in [0.05, 0.1) is 16.1 Å². The number of rotatable bonds is 7. The van der Waals surface area contributed by atoms with Gasteiger partial charge in [-0.2, -0.15) is 0 Å². The van der Waals surface area contributed by atoms with Crippen LogP contribution in [0, 0.1) is 5.92 Å².